The van der Waals surface area contributed by atoms with E-state index in [2.05, 4.69) is 9.99 Å². The average molecular weight is 215 g/mol. The molecule has 0 atom stereocenters. The zero-order valence-electron chi connectivity index (χ0n) is 8.98. The van der Waals surface area contributed by atoms with E-state index in [9.17, 15) is 9.90 Å². The molecule has 0 aliphatic rings. The fourth-order valence-corrected chi connectivity index (χ4v) is 1.13. The van der Waals surface area contributed by atoms with E-state index in [1.54, 1.807) is 25.1 Å². The minimum Gasteiger partial charge on any atom is -0.543 e. The Hall–Kier alpha value is -0.840. The number of hydrogen-bond donors (Lipinski definition) is 0. The van der Waals surface area contributed by atoms with Gasteiger partial charge in [0.1, 0.15) is 12.8 Å². The Morgan fingerprint density at radius 3 is 2.47 bits per heavy atom. The van der Waals surface area contributed by atoms with Crippen molar-refractivity contribution in [1.29, 1.82) is 0 Å². The minimum absolute atomic E-state index is 0. The predicted octanol–water partition coefficient (Wildman–Crippen LogP) is -2.90. The summed E-state index contributed by atoms with van der Waals surface area (Å²) in [5.41, 5.74) is 1.13. The zero-order valence-corrected chi connectivity index (χ0v) is 11.0. The summed E-state index contributed by atoms with van der Waals surface area (Å²) in [5.74, 6) is -1.35. The van der Waals surface area contributed by atoms with Gasteiger partial charge in [-0.3, -0.25) is 0 Å². The van der Waals surface area contributed by atoms with Crippen molar-refractivity contribution in [1.82, 2.24) is 0 Å². The van der Waals surface area contributed by atoms with E-state index < -0.39 is 5.97 Å². The fourth-order valence-electron chi connectivity index (χ4n) is 1.13. The van der Waals surface area contributed by atoms with Gasteiger partial charge in [-0.1, -0.05) is 29.4 Å². The van der Waals surface area contributed by atoms with Gasteiger partial charge in [0, 0.05) is 5.56 Å². The van der Waals surface area contributed by atoms with Crippen LogP contribution in [0, 0.1) is 6.92 Å². The van der Waals surface area contributed by atoms with Gasteiger partial charge < -0.3 is 14.7 Å². The smallest absolute Gasteiger partial charge is 0.543 e. The van der Waals surface area contributed by atoms with Crippen molar-refractivity contribution in [3.63, 3.8) is 0 Å². The van der Waals surface area contributed by atoms with E-state index in [-0.39, 0.29) is 35.3 Å². The van der Waals surface area contributed by atoms with Crippen molar-refractivity contribution in [2.45, 2.75) is 6.92 Å². The first kappa shape index (κ1) is 14.2. The quantitative estimate of drug-likeness (QED) is 0.309. The number of hydrogen-bond acceptors (Lipinski definition) is 4. The van der Waals surface area contributed by atoms with E-state index in [1.165, 1.54) is 7.11 Å². The molecule has 5 heteroatoms. The van der Waals surface area contributed by atoms with Gasteiger partial charge in [0.15, 0.2) is 0 Å². The molecule has 0 aliphatic heterocycles. The molecule has 4 nitrogen and oxygen atoms in total. The number of benzene rings is 1. The topological polar surface area (TPSA) is 61.7 Å². The molecule has 0 saturated heterocycles. The first-order valence-corrected chi connectivity index (χ1v) is 4.05. The molecule has 0 aliphatic carbocycles. The molecule has 0 fully saturated rings. The molecule has 0 spiro atoms. The maximum absolute atomic E-state index is 10.7. The van der Waals surface area contributed by atoms with Crippen molar-refractivity contribution in [2.24, 2.45) is 5.16 Å². The third kappa shape index (κ3) is 3.66. The van der Waals surface area contributed by atoms with Crippen molar-refractivity contribution in [3.8, 4) is 0 Å². The van der Waals surface area contributed by atoms with E-state index in [4.69, 9.17) is 0 Å². The summed E-state index contributed by atoms with van der Waals surface area (Å²) >= 11 is 0. The monoisotopic (exact) mass is 215 g/mol. The van der Waals surface area contributed by atoms with Gasteiger partial charge >= 0.3 is 29.6 Å². The van der Waals surface area contributed by atoms with Crippen LogP contribution in [0.25, 0.3) is 0 Å². The van der Waals surface area contributed by atoms with E-state index >= 15 is 0 Å². The van der Waals surface area contributed by atoms with Crippen molar-refractivity contribution in [3.05, 3.63) is 35.4 Å². The Morgan fingerprint density at radius 2 is 2.00 bits per heavy atom. The molecule has 1 aromatic carbocycles. The van der Waals surface area contributed by atoms with Crippen LogP contribution in [0.1, 0.15) is 11.1 Å². The van der Waals surface area contributed by atoms with Crippen LogP contribution >= 0.6 is 0 Å². The zero-order chi connectivity index (χ0) is 10.6. The Labute approximate surface area is 110 Å². The van der Waals surface area contributed by atoms with Crippen molar-refractivity contribution >= 4 is 11.7 Å². The van der Waals surface area contributed by atoms with Crippen LogP contribution in [0.15, 0.2) is 29.4 Å². The van der Waals surface area contributed by atoms with Crippen LogP contribution in [-0.4, -0.2) is 18.8 Å². The molecular weight excluding hydrogens is 205 g/mol. The number of aryl methyl sites for hydroxylation is 1. The Balaban J connectivity index is 0.00000196. The second kappa shape index (κ2) is 6.61. The Morgan fingerprint density at radius 1 is 1.40 bits per heavy atom. The molecule has 0 amide bonds. The summed E-state index contributed by atoms with van der Waals surface area (Å²) in [4.78, 5) is 15.2. The summed E-state index contributed by atoms with van der Waals surface area (Å²) in [6.07, 6.45) is 0. The summed E-state index contributed by atoms with van der Waals surface area (Å²) in [5, 5.41) is 14.1. The molecule has 1 rings (SSSR count). The first-order chi connectivity index (χ1) is 6.66. The molecule has 0 heterocycles. The van der Waals surface area contributed by atoms with Crippen molar-refractivity contribution in [2.75, 3.05) is 7.11 Å². The van der Waals surface area contributed by atoms with Gasteiger partial charge in [0.05, 0.1) is 5.97 Å². The third-order valence-electron chi connectivity index (χ3n) is 1.78. The molecule has 15 heavy (non-hydrogen) atoms. The van der Waals surface area contributed by atoms with E-state index in [1.807, 2.05) is 6.07 Å². The number of oxime groups is 1. The average Bonchev–Trinajstić information content (AvgIpc) is 2.15. The second-order valence-corrected chi connectivity index (χ2v) is 2.72. The Bertz CT molecular complexity index is 377. The number of carbonyl (C=O) groups excluding carboxylic acids is 1. The molecule has 0 aromatic heterocycles. The maximum Gasteiger partial charge on any atom is 1.00 e. The summed E-state index contributed by atoms with van der Waals surface area (Å²) in [6, 6.07) is 7.00. The molecule has 0 unspecified atom stereocenters. The van der Waals surface area contributed by atoms with Crippen LogP contribution in [0.5, 0.6) is 0 Å². The summed E-state index contributed by atoms with van der Waals surface area (Å²) in [7, 11) is 1.29. The van der Waals surface area contributed by atoms with Gasteiger partial charge in [-0.2, -0.15) is 0 Å². The van der Waals surface area contributed by atoms with Crippen LogP contribution in [-0.2, 0) is 9.63 Å². The molecule has 0 radical (unpaired) electrons. The second-order valence-electron chi connectivity index (χ2n) is 2.72. The Kier molecular flexibility index (Phi) is 6.24. The van der Waals surface area contributed by atoms with Gasteiger partial charge in [-0.15, -0.1) is 0 Å². The standard InChI is InChI=1S/C10H11NO3.Na/c1-7-5-3-4-6-8(7)9(10(12)13)11-14-2;/h3-6H,1-2H3,(H,12,13);/q;+1/p-1/b11-9+;. The van der Waals surface area contributed by atoms with Crippen LogP contribution in [0.3, 0.4) is 0 Å². The molecule has 1 aromatic rings. The number of carboxylic acids is 1. The molecule has 0 saturated carbocycles. The van der Waals surface area contributed by atoms with Crippen LogP contribution in [0.4, 0.5) is 0 Å². The van der Waals surface area contributed by atoms with Crippen molar-refractivity contribution < 1.29 is 44.3 Å². The van der Waals surface area contributed by atoms with Crippen LogP contribution < -0.4 is 34.7 Å². The number of nitrogens with zero attached hydrogens (tertiary/aromatic N) is 1. The number of aliphatic carboxylic acids is 1. The SMILES string of the molecule is CO/N=C(/C(=O)[O-])c1ccccc1C.[Na+]. The third-order valence-corrected chi connectivity index (χ3v) is 1.78. The number of carboxylic acid groups (broad SMARTS) is 1. The maximum atomic E-state index is 10.7. The minimum atomic E-state index is -1.35. The molecule has 0 bridgehead atoms. The summed E-state index contributed by atoms with van der Waals surface area (Å²) in [6.45, 7) is 1.80. The number of carbonyl (C=O) groups is 1. The molecule has 0 N–H and O–H groups in total. The van der Waals surface area contributed by atoms with Gasteiger partial charge in [-0.25, -0.2) is 0 Å². The van der Waals surface area contributed by atoms with Gasteiger partial charge in [0.2, 0.25) is 0 Å². The molecular formula is C10H10NNaO3. The normalized spacial score (nSPS) is 10.4. The predicted molar refractivity (Wildman–Crippen MR) is 49.7 cm³/mol. The van der Waals surface area contributed by atoms with Crippen LogP contribution in [0.2, 0.25) is 0 Å². The molecule has 74 valence electrons. The fraction of sp³-hybridized carbons (Fsp3) is 0.200. The summed E-state index contributed by atoms with van der Waals surface area (Å²) < 4.78 is 0. The first-order valence-electron chi connectivity index (χ1n) is 4.05. The van der Waals surface area contributed by atoms with E-state index in [0.29, 0.717) is 5.56 Å². The largest absolute Gasteiger partial charge is 1.00 e. The van der Waals surface area contributed by atoms with E-state index in [0.717, 1.165) is 5.56 Å². The number of rotatable bonds is 3. The van der Waals surface area contributed by atoms with Gasteiger partial charge in [0.25, 0.3) is 0 Å². The van der Waals surface area contributed by atoms with Gasteiger partial charge in [-0.05, 0) is 12.5 Å².